The van der Waals surface area contributed by atoms with E-state index >= 15 is 0 Å². The van der Waals surface area contributed by atoms with Crippen LogP contribution in [0.25, 0.3) is 0 Å². The minimum absolute atomic E-state index is 1.12. The molecule has 0 bridgehead atoms. The fourth-order valence-corrected chi connectivity index (χ4v) is 2.25. The normalized spacial score (nSPS) is 13.9. The second kappa shape index (κ2) is 4.38. The fourth-order valence-electron chi connectivity index (χ4n) is 0.750. The Morgan fingerprint density at radius 2 is 1.43 bits per heavy atom. The highest BCUT2D eigenvalue weighted by Crippen LogP contribution is 2.01. The van der Waals surface area contributed by atoms with E-state index in [0.29, 0.717) is 0 Å². The van der Waals surface area contributed by atoms with E-state index in [0.717, 1.165) is 18.1 Å². The number of hydrogen-bond acceptors (Lipinski definition) is 0. The molecule has 0 saturated heterocycles. The Hall–Kier alpha value is 0.217. The van der Waals surface area contributed by atoms with E-state index in [9.17, 15) is 0 Å². The lowest BCUT2D eigenvalue weighted by atomic mass is 10.9. The molecule has 0 saturated carbocycles. The monoisotopic (exact) mass is 117 g/mol. The van der Waals surface area contributed by atoms with Crippen LogP contribution in [-0.2, 0) is 0 Å². The topological polar surface area (TPSA) is 0 Å². The molecule has 1 heteroatoms. The van der Waals surface area contributed by atoms with Crippen molar-refractivity contribution in [1.82, 2.24) is 0 Å². The van der Waals surface area contributed by atoms with Crippen molar-refractivity contribution in [3.63, 3.8) is 0 Å². The summed E-state index contributed by atoms with van der Waals surface area (Å²) < 4.78 is 7.81. The number of rotatable bonds is 3. The third-order valence-corrected chi connectivity index (χ3v) is 4.50. The smallest absolute Gasteiger partial charge is 0.0359 e. The molecule has 0 aromatic carbocycles. The molecule has 0 aliphatic rings. The standard InChI is InChI=1S/C6H16Si/c1-4-7(5-2)6-3/h7H,4-6H2,1-3H3/i7D. The van der Waals surface area contributed by atoms with Crippen LogP contribution in [0.2, 0.25) is 18.1 Å². The van der Waals surface area contributed by atoms with Crippen LogP contribution in [-0.4, -0.2) is 9.96 Å². The zero-order chi connectivity index (χ0) is 6.62. The molecule has 0 nitrogen and oxygen atoms in total. The predicted molar refractivity (Wildman–Crippen MR) is 38.6 cm³/mol. The van der Waals surface area contributed by atoms with Gasteiger partial charge in [-0.1, -0.05) is 38.9 Å². The Balaban J connectivity index is 3.58. The summed E-state index contributed by atoms with van der Waals surface area (Å²) in [6.07, 6.45) is 0. The fraction of sp³-hybridized carbons (Fsp3) is 1.00. The quantitative estimate of drug-likeness (QED) is 0.497. The van der Waals surface area contributed by atoms with E-state index in [1.165, 1.54) is 0 Å². The van der Waals surface area contributed by atoms with Gasteiger partial charge < -0.3 is 0 Å². The molecule has 0 aromatic heterocycles. The lowest BCUT2D eigenvalue weighted by Gasteiger charge is -2.03. The van der Waals surface area contributed by atoms with Gasteiger partial charge in [-0.05, 0) is 0 Å². The second-order valence-electron chi connectivity index (χ2n) is 1.81. The Morgan fingerprint density at radius 1 is 1.14 bits per heavy atom. The van der Waals surface area contributed by atoms with E-state index in [4.69, 9.17) is 1.23 Å². The summed E-state index contributed by atoms with van der Waals surface area (Å²) >= 11 is 0. The molecule has 7 heavy (non-hydrogen) atoms. The molecule has 0 spiro atoms. The first-order chi connectivity index (χ1) is 3.68. The first-order valence-corrected chi connectivity index (χ1v) is 5.30. The summed E-state index contributed by atoms with van der Waals surface area (Å²) in [6.45, 7) is 6.44. The van der Waals surface area contributed by atoms with Crippen molar-refractivity contribution in [2.24, 2.45) is 0 Å². The highest BCUT2D eigenvalue weighted by Gasteiger charge is 1.98. The zero-order valence-corrected chi connectivity index (χ0v) is 6.62. The van der Waals surface area contributed by atoms with Gasteiger partial charge in [0.05, 0.1) is 0 Å². The first-order valence-electron chi connectivity index (χ1n) is 3.68. The zero-order valence-electron chi connectivity index (χ0n) is 6.62. The van der Waals surface area contributed by atoms with Gasteiger partial charge in [0.15, 0.2) is 0 Å². The maximum absolute atomic E-state index is 7.81. The Kier molecular flexibility index (Phi) is 3.35. The van der Waals surface area contributed by atoms with E-state index in [2.05, 4.69) is 20.8 Å². The largest absolute Gasteiger partial charge is 0.0680 e. The molecular weight excluding hydrogens is 100 g/mol. The van der Waals surface area contributed by atoms with Gasteiger partial charge in [-0.25, -0.2) is 0 Å². The third-order valence-electron chi connectivity index (χ3n) is 1.50. The van der Waals surface area contributed by atoms with Crippen LogP contribution in [0.1, 0.15) is 20.8 Å². The Morgan fingerprint density at radius 3 is 1.43 bits per heavy atom. The van der Waals surface area contributed by atoms with Gasteiger partial charge in [0.25, 0.3) is 0 Å². The summed E-state index contributed by atoms with van der Waals surface area (Å²) in [5.41, 5.74) is 0. The molecule has 0 radical (unpaired) electrons. The van der Waals surface area contributed by atoms with Crippen LogP contribution in [0, 0.1) is 0 Å². The van der Waals surface area contributed by atoms with Gasteiger partial charge in [-0.15, -0.1) is 0 Å². The van der Waals surface area contributed by atoms with Gasteiger partial charge in [-0.2, -0.15) is 0 Å². The summed E-state index contributed by atoms with van der Waals surface area (Å²) in [4.78, 5) is 0. The summed E-state index contributed by atoms with van der Waals surface area (Å²) in [6, 6.07) is 3.38. The van der Waals surface area contributed by atoms with Crippen molar-refractivity contribution in [2.45, 2.75) is 38.9 Å². The SMILES string of the molecule is [2H][Si](CC)(CC)CC. The van der Waals surface area contributed by atoms with Gasteiger partial charge in [-0.3, -0.25) is 0 Å². The predicted octanol–water partition coefficient (Wildman–Crippen LogP) is 2.27. The Labute approximate surface area is 49.8 Å². The van der Waals surface area contributed by atoms with E-state index in [1.807, 2.05) is 0 Å². The van der Waals surface area contributed by atoms with Crippen LogP contribution >= 0.6 is 0 Å². The lowest BCUT2D eigenvalue weighted by Crippen LogP contribution is -2.04. The van der Waals surface area contributed by atoms with Gasteiger partial charge in [0.1, 0.15) is 0 Å². The second-order valence-corrected chi connectivity index (χ2v) is 5.43. The lowest BCUT2D eigenvalue weighted by molar-refractivity contribution is 1.24. The minimum Gasteiger partial charge on any atom is -0.0680 e. The van der Waals surface area contributed by atoms with Crippen molar-refractivity contribution in [3.05, 3.63) is 0 Å². The number of hydrogen-bond donors (Lipinski definition) is 0. The molecule has 0 N–H and O–H groups in total. The maximum Gasteiger partial charge on any atom is 0.0359 e. The molecule has 0 heterocycles. The molecule has 44 valence electrons. The van der Waals surface area contributed by atoms with E-state index < -0.39 is 8.73 Å². The average molecular weight is 117 g/mol. The molecule has 0 amide bonds. The first kappa shape index (κ1) is 5.36. The van der Waals surface area contributed by atoms with Crippen molar-refractivity contribution in [3.8, 4) is 0 Å². The summed E-state index contributed by atoms with van der Waals surface area (Å²) in [7, 11) is -1.42. The van der Waals surface area contributed by atoms with E-state index in [-0.39, 0.29) is 0 Å². The van der Waals surface area contributed by atoms with Crippen LogP contribution in [0.4, 0.5) is 0 Å². The van der Waals surface area contributed by atoms with Crippen molar-refractivity contribution in [1.29, 1.82) is 1.23 Å². The molecule has 0 unspecified atom stereocenters. The molecule has 0 aliphatic heterocycles. The molecule has 0 rings (SSSR count). The van der Waals surface area contributed by atoms with Gasteiger partial charge in [0, 0.05) is 9.96 Å². The third kappa shape index (κ3) is 2.86. The van der Waals surface area contributed by atoms with Crippen LogP contribution in [0.5, 0.6) is 0 Å². The molecule has 0 aromatic rings. The highest BCUT2D eigenvalue weighted by molar-refractivity contribution is 6.58. The van der Waals surface area contributed by atoms with Gasteiger partial charge in [0.2, 0.25) is 0 Å². The van der Waals surface area contributed by atoms with E-state index in [1.54, 1.807) is 0 Å². The molecule has 0 atom stereocenters. The summed E-state index contributed by atoms with van der Waals surface area (Å²) in [5, 5.41) is 0. The van der Waals surface area contributed by atoms with Crippen molar-refractivity contribution in [2.75, 3.05) is 0 Å². The highest BCUT2D eigenvalue weighted by atomic mass is 28.3. The molecule has 0 fully saturated rings. The summed E-state index contributed by atoms with van der Waals surface area (Å²) in [5.74, 6) is 0. The van der Waals surface area contributed by atoms with Crippen LogP contribution in [0.3, 0.4) is 0 Å². The Bertz CT molecular complexity index is 51.3. The minimum atomic E-state index is -1.42. The van der Waals surface area contributed by atoms with Crippen LogP contribution in [0.15, 0.2) is 0 Å². The average Bonchev–Trinajstić information content (AvgIpc) is 1.87. The van der Waals surface area contributed by atoms with Crippen molar-refractivity contribution < 1.29 is 0 Å². The maximum atomic E-state index is 7.81. The van der Waals surface area contributed by atoms with Crippen molar-refractivity contribution >= 4 is 8.73 Å². The van der Waals surface area contributed by atoms with Gasteiger partial charge >= 0.3 is 0 Å². The molecular formula is C6H16Si. The molecule has 0 aliphatic carbocycles. The van der Waals surface area contributed by atoms with Crippen LogP contribution < -0.4 is 0 Å².